The van der Waals surface area contributed by atoms with Crippen LogP contribution in [-0.2, 0) is 9.53 Å². The third-order valence-electron chi connectivity index (χ3n) is 2.57. The van der Waals surface area contributed by atoms with Crippen LogP contribution in [0.25, 0.3) is 5.76 Å². The van der Waals surface area contributed by atoms with Crippen molar-refractivity contribution in [3.05, 3.63) is 38.5 Å². The summed E-state index contributed by atoms with van der Waals surface area (Å²) in [4.78, 5) is 15.8. The lowest BCUT2D eigenvalue weighted by Gasteiger charge is -2.09. The molecule has 4 nitrogen and oxygen atoms in total. The summed E-state index contributed by atoms with van der Waals surface area (Å²) in [5.74, 6) is -3.89. The van der Waals surface area contributed by atoms with Crippen molar-refractivity contribution in [1.29, 1.82) is 0 Å². The van der Waals surface area contributed by atoms with Gasteiger partial charge in [0.05, 0.1) is 12.2 Å². The molecule has 1 rings (SSSR count). The van der Waals surface area contributed by atoms with Crippen LogP contribution >= 0.6 is 22.6 Å². The van der Waals surface area contributed by atoms with Gasteiger partial charge < -0.3 is 9.84 Å². The minimum Gasteiger partial charge on any atom is -0.506 e. The van der Waals surface area contributed by atoms with Crippen molar-refractivity contribution in [3.8, 4) is 0 Å². The van der Waals surface area contributed by atoms with Gasteiger partial charge in [-0.3, -0.25) is 4.99 Å². The molecule has 1 aromatic carbocycles. The SMILES string of the molecule is CCCN=CC(C(=O)OCC)=C(O)c1cc(I)cc(F)c1F. The van der Waals surface area contributed by atoms with E-state index >= 15 is 0 Å². The Morgan fingerprint density at radius 3 is 2.68 bits per heavy atom. The van der Waals surface area contributed by atoms with Crippen LogP contribution in [0.2, 0.25) is 0 Å². The Morgan fingerprint density at radius 1 is 1.41 bits per heavy atom. The lowest BCUT2D eigenvalue weighted by atomic mass is 10.1. The van der Waals surface area contributed by atoms with E-state index in [0.29, 0.717) is 10.1 Å². The lowest BCUT2D eigenvalue weighted by molar-refractivity contribution is -0.137. The Kier molecular flexibility index (Phi) is 7.43. The Hall–Kier alpha value is -1.51. The number of aliphatic imine (C=N–C) groups is 1. The molecule has 0 spiro atoms. The van der Waals surface area contributed by atoms with E-state index in [1.54, 1.807) is 29.5 Å². The standard InChI is InChI=1S/C15H16F2INO3/c1-3-5-19-8-11(15(21)22-4-2)14(20)10-6-9(18)7-12(16)13(10)17/h6-8,20H,3-5H2,1-2H3. The molecular weight excluding hydrogens is 407 g/mol. The number of hydrogen-bond acceptors (Lipinski definition) is 4. The molecule has 22 heavy (non-hydrogen) atoms. The van der Waals surface area contributed by atoms with Crippen molar-refractivity contribution in [3.63, 3.8) is 0 Å². The number of aliphatic hydroxyl groups excluding tert-OH is 1. The Labute approximate surface area is 141 Å². The van der Waals surface area contributed by atoms with Gasteiger partial charge in [-0.25, -0.2) is 13.6 Å². The monoisotopic (exact) mass is 423 g/mol. The number of ether oxygens (including phenoxy) is 1. The molecule has 7 heteroatoms. The number of rotatable bonds is 6. The highest BCUT2D eigenvalue weighted by Gasteiger charge is 2.21. The molecule has 0 aromatic heterocycles. The van der Waals surface area contributed by atoms with E-state index < -0.39 is 28.9 Å². The third-order valence-corrected chi connectivity index (χ3v) is 3.19. The number of nitrogens with zero attached hydrogens (tertiary/aromatic N) is 1. The van der Waals surface area contributed by atoms with Gasteiger partial charge in [0.15, 0.2) is 11.6 Å². The average Bonchev–Trinajstić information content (AvgIpc) is 2.47. The number of benzene rings is 1. The summed E-state index contributed by atoms with van der Waals surface area (Å²) in [6.45, 7) is 4.00. The zero-order valence-electron chi connectivity index (χ0n) is 12.2. The number of esters is 1. The van der Waals surface area contributed by atoms with E-state index in [9.17, 15) is 18.7 Å². The van der Waals surface area contributed by atoms with E-state index in [4.69, 9.17) is 4.74 Å². The zero-order chi connectivity index (χ0) is 16.7. The molecule has 0 aliphatic rings. The maximum atomic E-state index is 13.9. The van der Waals surface area contributed by atoms with Crippen molar-refractivity contribution < 1.29 is 23.4 Å². The molecule has 0 atom stereocenters. The van der Waals surface area contributed by atoms with E-state index in [-0.39, 0.29) is 12.2 Å². The maximum Gasteiger partial charge on any atom is 0.343 e. The number of carbonyl (C=O) groups is 1. The van der Waals surface area contributed by atoms with Crippen LogP contribution in [0.5, 0.6) is 0 Å². The summed E-state index contributed by atoms with van der Waals surface area (Å²) in [6, 6.07) is 2.23. The van der Waals surface area contributed by atoms with Gasteiger partial charge in [-0.15, -0.1) is 0 Å². The fraction of sp³-hybridized carbons (Fsp3) is 0.333. The number of carbonyl (C=O) groups excluding carboxylic acids is 1. The van der Waals surface area contributed by atoms with Gasteiger partial charge in [0.1, 0.15) is 11.3 Å². The van der Waals surface area contributed by atoms with Crippen LogP contribution in [0.4, 0.5) is 8.78 Å². The summed E-state index contributed by atoms with van der Waals surface area (Å²) < 4.78 is 32.5. The number of aliphatic hydroxyl groups is 1. The van der Waals surface area contributed by atoms with Crippen LogP contribution in [-0.4, -0.2) is 30.4 Å². The minimum atomic E-state index is -1.23. The summed E-state index contributed by atoms with van der Waals surface area (Å²) in [5, 5.41) is 10.2. The molecule has 1 aromatic rings. The van der Waals surface area contributed by atoms with E-state index in [1.807, 2.05) is 6.92 Å². The molecule has 0 aliphatic heterocycles. The van der Waals surface area contributed by atoms with Crippen molar-refractivity contribution in [2.24, 2.45) is 4.99 Å². The molecule has 120 valence electrons. The molecule has 0 fully saturated rings. The average molecular weight is 423 g/mol. The summed E-state index contributed by atoms with van der Waals surface area (Å²) in [5.41, 5.74) is -0.717. The van der Waals surface area contributed by atoms with E-state index in [0.717, 1.165) is 18.7 Å². The molecule has 0 aliphatic carbocycles. The Morgan fingerprint density at radius 2 is 2.09 bits per heavy atom. The topological polar surface area (TPSA) is 58.9 Å². The first-order valence-electron chi connectivity index (χ1n) is 6.67. The van der Waals surface area contributed by atoms with Crippen molar-refractivity contribution in [2.45, 2.75) is 20.3 Å². The first-order valence-corrected chi connectivity index (χ1v) is 7.75. The first kappa shape index (κ1) is 18.5. The molecule has 0 unspecified atom stereocenters. The lowest BCUT2D eigenvalue weighted by Crippen LogP contribution is -2.12. The van der Waals surface area contributed by atoms with Gasteiger partial charge in [0, 0.05) is 16.3 Å². The molecule has 0 saturated heterocycles. The molecule has 0 amide bonds. The van der Waals surface area contributed by atoms with Gasteiger partial charge >= 0.3 is 5.97 Å². The zero-order valence-corrected chi connectivity index (χ0v) is 14.4. The molecular formula is C15H16F2INO3. The predicted octanol–water partition coefficient (Wildman–Crippen LogP) is 3.88. The quantitative estimate of drug-likeness (QED) is 0.189. The molecule has 0 saturated carbocycles. The highest BCUT2D eigenvalue weighted by molar-refractivity contribution is 14.1. The summed E-state index contributed by atoms with van der Waals surface area (Å²) >= 11 is 1.78. The maximum absolute atomic E-state index is 13.9. The Balaban J connectivity index is 3.41. The predicted molar refractivity (Wildman–Crippen MR) is 88.9 cm³/mol. The van der Waals surface area contributed by atoms with E-state index in [2.05, 4.69) is 4.99 Å². The van der Waals surface area contributed by atoms with Gasteiger partial charge in [0.25, 0.3) is 0 Å². The fourth-order valence-corrected chi connectivity index (χ4v) is 2.16. The Bertz CT molecular complexity index is 615. The molecule has 1 N–H and O–H groups in total. The highest BCUT2D eigenvalue weighted by Crippen LogP contribution is 2.24. The van der Waals surface area contributed by atoms with Crippen LogP contribution in [0.15, 0.2) is 22.7 Å². The van der Waals surface area contributed by atoms with Crippen LogP contribution < -0.4 is 0 Å². The normalized spacial score (nSPS) is 12.4. The minimum absolute atomic E-state index is 0.0837. The van der Waals surface area contributed by atoms with Crippen molar-refractivity contribution in [1.82, 2.24) is 0 Å². The third kappa shape index (κ3) is 4.75. The highest BCUT2D eigenvalue weighted by atomic mass is 127. The second-order valence-electron chi connectivity index (χ2n) is 4.27. The largest absolute Gasteiger partial charge is 0.506 e. The number of halogens is 3. The van der Waals surface area contributed by atoms with Gasteiger partial charge in [-0.1, -0.05) is 6.92 Å². The summed E-state index contributed by atoms with van der Waals surface area (Å²) in [6.07, 6.45) is 1.85. The summed E-state index contributed by atoms with van der Waals surface area (Å²) in [7, 11) is 0. The van der Waals surface area contributed by atoms with Crippen LogP contribution in [0.1, 0.15) is 25.8 Å². The molecule has 0 bridgehead atoms. The molecule has 0 radical (unpaired) electrons. The first-order chi connectivity index (χ1) is 10.4. The second-order valence-corrected chi connectivity index (χ2v) is 5.51. The molecule has 0 heterocycles. The van der Waals surface area contributed by atoms with Gasteiger partial charge in [0.2, 0.25) is 0 Å². The number of hydrogen-bond donors (Lipinski definition) is 1. The van der Waals surface area contributed by atoms with Gasteiger partial charge in [-0.05, 0) is 48.1 Å². The fourth-order valence-electron chi connectivity index (χ4n) is 1.58. The van der Waals surface area contributed by atoms with Crippen molar-refractivity contribution >= 4 is 40.5 Å². The van der Waals surface area contributed by atoms with Crippen molar-refractivity contribution in [2.75, 3.05) is 13.2 Å². The second kappa shape index (κ2) is 8.82. The smallest absolute Gasteiger partial charge is 0.343 e. The van der Waals surface area contributed by atoms with Crippen LogP contribution in [0.3, 0.4) is 0 Å². The van der Waals surface area contributed by atoms with Crippen LogP contribution in [0, 0.1) is 15.2 Å². The van der Waals surface area contributed by atoms with E-state index in [1.165, 1.54) is 6.07 Å². The van der Waals surface area contributed by atoms with Gasteiger partial charge in [-0.2, -0.15) is 0 Å².